The van der Waals surface area contributed by atoms with Crippen LogP contribution in [0.3, 0.4) is 0 Å². The zero-order valence-corrected chi connectivity index (χ0v) is 11.3. The summed E-state index contributed by atoms with van der Waals surface area (Å²) in [5.74, 6) is 0.703. The molecule has 0 saturated heterocycles. The monoisotopic (exact) mass is 232 g/mol. The molecular weight excluding hydrogens is 208 g/mol. The third kappa shape index (κ3) is 2.74. The molecule has 0 unspecified atom stereocenters. The van der Waals surface area contributed by atoms with E-state index < -0.39 is 0 Å². The third-order valence-corrected chi connectivity index (χ3v) is 3.36. The number of aryl methyl sites for hydroxylation is 1. The average molecular weight is 232 g/mol. The lowest BCUT2D eigenvalue weighted by molar-refractivity contribution is 0.618. The SMILES string of the molecule is CCN(CC(C)C)c1cccc2c1NCCC2. The molecule has 0 saturated carbocycles. The molecule has 1 aliphatic heterocycles. The minimum Gasteiger partial charge on any atom is -0.383 e. The van der Waals surface area contributed by atoms with Gasteiger partial charge in [-0.15, -0.1) is 0 Å². The van der Waals surface area contributed by atoms with E-state index in [0.29, 0.717) is 5.92 Å². The highest BCUT2D eigenvalue weighted by atomic mass is 15.1. The van der Waals surface area contributed by atoms with Crippen LogP contribution in [0, 0.1) is 5.92 Å². The Labute approximate surface area is 105 Å². The summed E-state index contributed by atoms with van der Waals surface area (Å²) in [5.41, 5.74) is 4.25. The lowest BCUT2D eigenvalue weighted by atomic mass is 10.0. The van der Waals surface area contributed by atoms with E-state index in [1.165, 1.54) is 29.8 Å². The van der Waals surface area contributed by atoms with Gasteiger partial charge >= 0.3 is 0 Å². The van der Waals surface area contributed by atoms with Gasteiger partial charge in [0.05, 0.1) is 11.4 Å². The third-order valence-electron chi connectivity index (χ3n) is 3.36. The topological polar surface area (TPSA) is 15.3 Å². The fourth-order valence-corrected chi connectivity index (χ4v) is 2.59. The highest BCUT2D eigenvalue weighted by Gasteiger charge is 2.16. The van der Waals surface area contributed by atoms with Crippen LogP contribution in [0.5, 0.6) is 0 Å². The van der Waals surface area contributed by atoms with E-state index in [2.05, 4.69) is 49.2 Å². The van der Waals surface area contributed by atoms with E-state index in [1.807, 2.05) is 0 Å². The number of nitrogens with zero attached hydrogens (tertiary/aromatic N) is 1. The van der Waals surface area contributed by atoms with Crippen LogP contribution < -0.4 is 10.2 Å². The molecular formula is C15H24N2. The number of para-hydroxylation sites is 1. The number of nitrogens with one attached hydrogen (secondary N) is 1. The van der Waals surface area contributed by atoms with Crippen molar-refractivity contribution in [2.45, 2.75) is 33.6 Å². The fourth-order valence-electron chi connectivity index (χ4n) is 2.59. The van der Waals surface area contributed by atoms with Gasteiger partial charge in [0.25, 0.3) is 0 Å². The molecule has 1 aliphatic rings. The van der Waals surface area contributed by atoms with Crippen molar-refractivity contribution in [2.75, 3.05) is 29.9 Å². The van der Waals surface area contributed by atoms with Gasteiger partial charge in [0.15, 0.2) is 0 Å². The summed E-state index contributed by atoms with van der Waals surface area (Å²) in [6.45, 7) is 10.1. The standard InChI is InChI=1S/C15H24N2/c1-4-17(11-12(2)3)14-9-5-7-13-8-6-10-16-15(13)14/h5,7,9,12,16H,4,6,8,10-11H2,1-3H3. The van der Waals surface area contributed by atoms with Crippen molar-refractivity contribution in [3.63, 3.8) is 0 Å². The Morgan fingerprint density at radius 3 is 2.88 bits per heavy atom. The van der Waals surface area contributed by atoms with Crippen LogP contribution >= 0.6 is 0 Å². The van der Waals surface area contributed by atoms with Gasteiger partial charge in [0.2, 0.25) is 0 Å². The van der Waals surface area contributed by atoms with Crippen molar-refractivity contribution in [2.24, 2.45) is 5.92 Å². The summed E-state index contributed by atoms with van der Waals surface area (Å²) >= 11 is 0. The highest BCUT2D eigenvalue weighted by molar-refractivity contribution is 5.74. The van der Waals surface area contributed by atoms with Crippen LogP contribution in [0.1, 0.15) is 32.8 Å². The molecule has 1 N–H and O–H groups in total. The lowest BCUT2D eigenvalue weighted by Gasteiger charge is -2.30. The quantitative estimate of drug-likeness (QED) is 0.854. The molecule has 2 heteroatoms. The van der Waals surface area contributed by atoms with Crippen LogP contribution in [-0.2, 0) is 6.42 Å². The molecule has 94 valence electrons. The summed E-state index contributed by atoms with van der Waals surface area (Å²) in [4.78, 5) is 2.49. The predicted octanol–water partition coefficient (Wildman–Crippen LogP) is 3.53. The molecule has 1 aromatic carbocycles. The molecule has 0 bridgehead atoms. The van der Waals surface area contributed by atoms with Gasteiger partial charge < -0.3 is 10.2 Å². The van der Waals surface area contributed by atoms with Gasteiger partial charge in [0, 0.05) is 19.6 Å². The summed E-state index contributed by atoms with van der Waals surface area (Å²) in [5, 5.41) is 3.58. The van der Waals surface area contributed by atoms with Gasteiger partial charge in [0.1, 0.15) is 0 Å². The maximum atomic E-state index is 3.58. The average Bonchev–Trinajstić information content (AvgIpc) is 2.35. The Hall–Kier alpha value is -1.18. The smallest absolute Gasteiger partial charge is 0.0610 e. The van der Waals surface area contributed by atoms with Crippen molar-refractivity contribution < 1.29 is 0 Å². The first kappa shape index (κ1) is 12.3. The van der Waals surface area contributed by atoms with Crippen LogP contribution in [0.2, 0.25) is 0 Å². The van der Waals surface area contributed by atoms with E-state index in [-0.39, 0.29) is 0 Å². The maximum Gasteiger partial charge on any atom is 0.0610 e. The molecule has 2 nitrogen and oxygen atoms in total. The molecule has 2 rings (SSSR count). The Morgan fingerprint density at radius 2 is 2.18 bits per heavy atom. The second-order valence-corrected chi connectivity index (χ2v) is 5.27. The first-order valence-electron chi connectivity index (χ1n) is 6.83. The van der Waals surface area contributed by atoms with Crippen molar-refractivity contribution in [1.82, 2.24) is 0 Å². The number of fused-ring (bicyclic) bond motifs is 1. The molecule has 0 fully saturated rings. The molecule has 0 amide bonds. The van der Waals surface area contributed by atoms with Gasteiger partial charge in [-0.05, 0) is 37.3 Å². The fraction of sp³-hybridized carbons (Fsp3) is 0.600. The summed E-state index contributed by atoms with van der Waals surface area (Å²) in [7, 11) is 0. The van der Waals surface area contributed by atoms with Crippen LogP contribution in [0.4, 0.5) is 11.4 Å². The molecule has 0 radical (unpaired) electrons. The molecule has 0 aromatic heterocycles. The van der Waals surface area contributed by atoms with Gasteiger partial charge in [-0.1, -0.05) is 26.0 Å². The predicted molar refractivity (Wildman–Crippen MR) is 76.0 cm³/mol. The molecule has 1 heterocycles. The van der Waals surface area contributed by atoms with E-state index in [1.54, 1.807) is 0 Å². The molecule has 0 atom stereocenters. The number of hydrogen-bond acceptors (Lipinski definition) is 2. The minimum atomic E-state index is 0.703. The van der Waals surface area contributed by atoms with E-state index in [9.17, 15) is 0 Å². The first-order valence-corrected chi connectivity index (χ1v) is 6.83. The minimum absolute atomic E-state index is 0.703. The van der Waals surface area contributed by atoms with E-state index in [4.69, 9.17) is 0 Å². The van der Waals surface area contributed by atoms with Crippen LogP contribution in [0.25, 0.3) is 0 Å². The molecule has 0 aliphatic carbocycles. The van der Waals surface area contributed by atoms with Crippen molar-refractivity contribution in [1.29, 1.82) is 0 Å². The lowest BCUT2D eigenvalue weighted by Crippen LogP contribution is -2.29. The van der Waals surface area contributed by atoms with Gasteiger partial charge in [-0.3, -0.25) is 0 Å². The Kier molecular flexibility index (Phi) is 3.93. The zero-order chi connectivity index (χ0) is 12.3. The second-order valence-electron chi connectivity index (χ2n) is 5.27. The number of anilines is 2. The molecule has 17 heavy (non-hydrogen) atoms. The van der Waals surface area contributed by atoms with Crippen molar-refractivity contribution in [3.8, 4) is 0 Å². The normalized spacial score (nSPS) is 14.4. The van der Waals surface area contributed by atoms with Crippen LogP contribution in [-0.4, -0.2) is 19.6 Å². The Morgan fingerprint density at radius 1 is 1.35 bits per heavy atom. The Bertz CT molecular complexity index is 371. The van der Waals surface area contributed by atoms with Gasteiger partial charge in [-0.2, -0.15) is 0 Å². The second kappa shape index (κ2) is 5.44. The molecule has 0 spiro atoms. The summed E-state index contributed by atoms with van der Waals surface area (Å²) in [6.07, 6.45) is 2.47. The van der Waals surface area contributed by atoms with Gasteiger partial charge in [-0.25, -0.2) is 0 Å². The van der Waals surface area contributed by atoms with E-state index >= 15 is 0 Å². The largest absolute Gasteiger partial charge is 0.383 e. The number of hydrogen-bond donors (Lipinski definition) is 1. The summed E-state index contributed by atoms with van der Waals surface area (Å²) < 4.78 is 0. The van der Waals surface area contributed by atoms with Crippen molar-refractivity contribution >= 4 is 11.4 Å². The van der Waals surface area contributed by atoms with E-state index in [0.717, 1.165) is 19.6 Å². The first-order chi connectivity index (χ1) is 8.22. The number of benzene rings is 1. The highest BCUT2D eigenvalue weighted by Crippen LogP contribution is 2.33. The van der Waals surface area contributed by atoms with Crippen molar-refractivity contribution in [3.05, 3.63) is 23.8 Å². The maximum absolute atomic E-state index is 3.58. The number of rotatable bonds is 4. The summed E-state index contributed by atoms with van der Waals surface area (Å²) in [6, 6.07) is 6.71. The van der Waals surface area contributed by atoms with Crippen LogP contribution in [0.15, 0.2) is 18.2 Å². The zero-order valence-electron chi connectivity index (χ0n) is 11.3. The molecule has 1 aromatic rings. The Balaban J connectivity index is 2.29.